The van der Waals surface area contributed by atoms with E-state index in [1.807, 2.05) is 12.1 Å². The number of carboxylic acids is 1. The highest BCUT2D eigenvalue weighted by molar-refractivity contribution is 6.32. The van der Waals surface area contributed by atoms with Crippen molar-refractivity contribution in [2.45, 2.75) is 12.8 Å². The highest BCUT2D eigenvalue weighted by Crippen LogP contribution is 2.29. The molecule has 3 nitrogen and oxygen atoms in total. The molecular formula is C15H13ClO3. The first-order chi connectivity index (χ1) is 9.08. The number of aliphatic carboxylic acids is 1. The summed E-state index contributed by atoms with van der Waals surface area (Å²) in [6.07, 6.45) is 0. The van der Waals surface area contributed by atoms with Gasteiger partial charge in [-0.2, -0.15) is 0 Å². The van der Waals surface area contributed by atoms with Crippen molar-refractivity contribution in [3.05, 3.63) is 59.1 Å². The summed E-state index contributed by atoms with van der Waals surface area (Å²) in [4.78, 5) is 10.9. The van der Waals surface area contributed by atoms with Gasteiger partial charge in [0.25, 0.3) is 0 Å². The number of hydrogen-bond acceptors (Lipinski definition) is 2. The SMILES string of the molecule is CC(C(=O)O)c1ccc(Oc2ccccc2Cl)cc1. The van der Waals surface area contributed by atoms with Crippen LogP contribution in [0.25, 0.3) is 0 Å². The lowest BCUT2D eigenvalue weighted by atomic mass is 10.0. The molecule has 0 radical (unpaired) electrons. The van der Waals surface area contributed by atoms with E-state index in [0.29, 0.717) is 16.5 Å². The second-order valence-electron chi connectivity index (χ2n) is 4.16. The van der Waals surface area contributed by atoms with Crippen LogP contribution in [-0.2, 0) is 4.79 Å². The first-order valence-corrected chi connectivity index (χ1v) is 6.21. The van der Waals surface area contributed by atoms with Crippen LogP contribution in [0.4, 0.5) is 0 Å². The molecule has 2 aromatic carbocycles. The summed E-state index contributed by atoms with van der Waals surface area (Å²) in [7, 11) is 0. The molecule has 0 amide bonds. The normalized spacial score (nSPS) is 11.9. The predicted molar refractivity (Wildman–Crippen MR) is 74.0 cm³/mol. The average Bonchev–Trinajstić information content (AvgIpc) is 2.41. The van der Waals surface area contributed by atoms with E-state index in [1.54, 1.807) is 43.3 Å². The fraction of sp³-hybridized carbons (Fsp3) is 0.133. The first kappa shape index (κ1) is 13.4. The average molecular weight is 277 g/mol. The largest absolute Gasteiger partial charge is 0.481 e. The van der Waals surface area contributed by atoms with Crippen molar-refractivity contribution < 1.29 is 14.6 Å². The van der Waals surface area contributed by atoms with Crippen LogP contribution in [0.5, 0.6) is 11.5 Å². The van der Waals surface area contributed by atoms with Gasteiger partial charge in [0.2, 0.25) is 0 Å². The fourth-order valence-electron chi connectivity index (χ4n) is 1.62. The van der Waals surface area contributed by atoms with Gasteiger partial charge in [-0.3, -0.25) is 4.79 Å². The molecule has 0 aliphatic carbocycles. The highest BCUT2D eigenvalue weighted by Gasteiger charge is 2.13. The molecule has 1 N–H and O–H groups in total. The molecule has 98 valence electrons. The van der Waals surface area contributed by atoms with Gasteiger partial charge in [0.15, 0.2) is 0 Å². The van der Waals surface area contributed by atoms with E-state index in [1.165, 1.54) is 0 Å². The topological polar surface area (TPSA) is 46.5 Å². The van der Waals surface area contributed by atoms with Crippen LogP contribution >= 0.6 is 11.6 Å². The Kier molecular flexibility index (Phi) is 4.07. The summed E-state index contributed by atoms with van der Waals surface area (Å²) in [5.41, 5.74) is 0.735. The second kappa shape index (κ2) is 5.76. The standard InChI is InChI=1S/C15H13ClO3/c1-10(15(17)18)11-6-8-12(9-7-11)19-14-5-3-2-4-13(14)16/h2-10H,1H3,(H,17,18). The minimum absolute atomic E-state index is 0.533. The van der Waals surface area contributed by atoms with Gasteiger partial charge < -0.3 is 9.84 Å². The van der Waals surface area contributed by atoms with E-state index in [9.17, 15) is 4.79 Å². The maximum atomic E-state index is 10.9. The van der Waals surface area contributed by atoms with Crippen LogP contribution in [0.1, 0.15) is 18.4 Å². The van der Waals surface area contributed by atoms with Gasteiger partial charge in [0.05, 0.1) is 10.9 Å². The molecule has 0 fully saturated rings. The van der Waals surface area contributed by atoms with Crippen molar-refractivity contribution in [1.82, 2.24) is 0 Å². The van der Waals surface area contributed by atoms with E-state index in [0.717, 1.165) is 5.56 Å². The van der Waals surface area contributed by atoms with Crippen molar-refractivity contribution in [3.63, 3.8) is 0 Å². The third kappa shape index (κ3) is 3.26. The molecule has 0 aromatic heterocycles. The zero-order valence-corrected chi connectivity index (χ0v) is 11.1. The Morgan fingerprint density at radius 2 is 1.79 bits per heavy atom. The minimum atomic E-state index is -0.847. The molecule has 2 aromatic rings. The van der Waals surface area contributed by atoms with Crippen molar-refractivity contribution in [2.24, 2.45) is 0 Å². The fourth-order valence-corrected chi connectivity index (χ4v) is 1.80. The van der Waals surface area contributed by atoms with Crippen LogP contribution < -0.4 is 4.74 Å². The van der Waals surface area contributed by atoms with Crippen LogP contribution in [0.15, 0.2) is 48.5 Å². The zero-order valence-electron chi connectivity index (χ0n) is 10.3. The summed E-state index contributed by atoms with van der Waals surface area (Å²) in [5, 5.41) is 9.46. The number of para-hydroxylation sites is 1. The number of benzene rings is 2. The lowest BCUT2D eigenvalue weighted by molar-refractivity contribution is -0.138. The molecule has 1 unspecified atom stereocenters. The van der Waals surface area contributed by atoms with Gasteiger partial charge in [-0.15, -0.1) is 0 Å². The lowest BCUT2D eigenvalue weighted by Crippen LogP contribution is -2.06. The smallest absolute Gasteiger partial charge is 0.310 e. The molecule has 0 saturated heterocycles. The van der Waals surface area contributed by atoms with Crippen LogP contribution in [-0.4, -0.2) is 11.1 Å². The summed E-state index contributed by atoms with van der Waals surface area (Å²) in [6, 6.07) is 14.1. The summed E-state index contributed by atoms with van der Waals surface area (Å²) in [6.45, 7) is 1.65. The summed E-state index contributed by atoms with van der Waals surface area (Å²) >= 11 is 5.99. The lowest BCUT2D eigenvalue weighted by Gasteiger charge is -2.10. The Labute approximate surface area is 116 Å². The molecule has 19 heavy (non-hydrogen) atoms. The van der Waals surface area contributed by atoms with Crippen molar-refractivity contribution in [1.29, 1.82) is 0 Å². The first-order valence-electron chi connectivity index (χ1n) is 5.83. The van der Waals surface area contributed by atoms with E-state index < -0.39 is 11.9 Å². The van der Waals surface area contributed by atoms with E-state index in [-0.39, 0.29) is 0 Å². The van der Waals surface area contributed by atoms with Gasteiger partial charge in [-0.05, 0) is 36.8 Å². The molecular weight excluding hydrogens is 264 g/mol. The maximum absolute atomic E-state index is 10.9. The van der Waals surface area contributed by atoms with Gasteiger partial charge in [-0.1, -0.05) is 35.9 Å². The predicted octanol–water partition coefficient (Wildman–Crippen LogP) is 4.32. The zero-order chi connectivity index (χ0) is 13.8. The Morgan fingerprint density at radius 3 is 2.37 bits per heavy atom. The molecule has 0 saturated carbocycles. The van der Waals surface area contributed by atoms with E-state index >= 15 is 0 Å². The quantitative estimate of drug-likeness (QED) is 0.904. The van der Waals surface area contributed by atoms with Crippen molar-refractivity contribution >= 4 is 17.6 Å². The van der Waals surface area contributed by atoms with Gasteiger partial charge >= 0.3 is 5.97 Å². The number of ether oxygens (including phenoxy) is 1. The molecule has 4 heteroatoms. The molecule has 0 aliphatic heterocycles. The van der Waals surface area contributed by atoms with Gasteiger partial charge in [-0.25, -0.2) is 0 Å². The van der Waals surface area contributed by atoms with Crippen LogP contribution in [0, 0.1) is 0 Å². The monoisotopic (exact) mass is 276 g/mol. The highest BCUT2D eigenvalue weighted by atomic mass is 35.5. The van der Waals surface area contributed by atoms with E-state index in [4.69, 9.17) is 21.4 Å². The Morgan fingerprint density at radius 1 is 1.16 bits per heavy atom. The van der Waals surface area contributed by atoms with Crippen LogP contribution in [0.3, 0.4) is 0 Å². The molecule has 0 bridgehead atoms. The molecule has 0 spiro atoms. The molecule has 0 aliphatic rings. The number of halogens is 1. The number of carboxylic acid groups (broad SMARTS) is 1. The Balaban J connectivity index is 2.15. The minimum Gasteiger partial charge on any atom is -0.481 e. The second-order valence-corrected chi connectivity index (χ2v) is 4.57. The molecule has 0 heterocycles. The Bertz CT molecular complexity index is 578. The van der Waals surface area contributed by atoms with E-state index in [2.05, 4.69) is 0 Å². The maximum Gasteiger partial charge on any atom is 0.310 e. The summed E-state index contributed by atoms with van der Waals surface area (Å²) < 4.78 is 5.62. The van der Waals surface area contributed by atoms with Gasteiger partial charge in [0.1, 0.15) is 11.5 Å². The number of carbonyl (C=O) groups is 1. The van der Waals surface area contributed by atoms with Crippen molar-refractivity contribution in [2.75, 3.05) is 0 Å². The third-order valence-corrected chi connectivity index (χ3v) is 3.13. The van der Waals surface area contributed by atoms with Gasteiger partial charge in [0, 0.05) is 0 Å². The Hall–Kier alpha value is -2.00. The van der Waals surface area contributed by atoms with Crippen LogP contribution in [0.2, 0.25) is 5.02 Å². The third-order valence-electron chi connectivity index (χ3n) is 2.81. The number of hydrogen-bond donors (Lipinski definition) is 1. The number of rotatable bonds is 4. The molecule has 1 atom stereocenters. The van der Waals surface area contributed by atoms with Crippen molar-refractivity contribution in [3.8, 4) is 11.5 Å². The molecule has 2 rings (SSSR count). The summed E-state index contributed by atoms with van der Waals surface area (Å²) in [5.74, 6) is -0.188.